The van der Waals surface area contributed by atoms with Crippen LogP contribution in [0.15, 0.2) is 18.2 Å². The maximum atomic E-state index is 13.0. The molecule has 0 radical (unpaired) electrons. The van der Waals surface area contributed by atoms with E-state index in [0.29, 0.717) is 6.54 Å². The Morgan fingerprint density at radius 3 is 2.44 bits per heavy atom. The zero-order valence-electron chi connectivity index (χ0n) is 9.77. The molecule has 0 amide bonds. The van der Waals surface area contributed by atoms with Crippen LogP contribution < -0.4 is 0 Å². The zero-order valence-corrected chi connectivity index (χ0v) is 11.4. The standard InChI is InChI=1S/C11H13F2NO2S2/c1-8-14(2-3-17-8)18(15,16)7-9-4-10(12)6-11(13)5-9/h4-6,8H,2-3,7H2,1H3. The molecule has 3 nitrogen and oxygen atoms in total. The Morgan fingerprint density at radius 2 is 1.94 bits per heavy atom. The Labute approximate surface area is 109 Å². The van der Waals surface area contributed by atoms with Crippen LogP contribution in [0.3, 0.4) is 0 Å². The van der Waals surface area contributed by atoms with Gasteiger partial charge in [-0.15, -0.1) is 11.8 Å². The number of rotatable bonds is 3. The lowest BCUT2D eigenvalue weighted by Gasteiger charge is -2.19. The molecule has 2 rings (SSSR count). The molecule has 1 heterocycles. The summed E-state index contributed by atoms with van der Waals surface area (Å²) in [5.74, 6) is -1.14. The van der Waals surface area contributed by atoms with Crippen molar-refractivity contribution in [1.82, 2.24) is 4.31 Å². The van der Waals surface area contributed by atoms with Gasteiger partial charge in [0.2, 0.25) is 10.0 Å². The minimum absolute atomic E-state index is 0.117. The molecule has 1 unspecified atom stereocenters. The van der Waals surface area contributed by atoms with Crippen molar-refractivity contribution in [2.75, 3.05) is 12.3 Å². The van der Waals surface area contributed by atoms with Gasteiger partial charge in [-0.05, 0) is 24.6 Å². The number of thioether (sulfide) groups is 1. The van der Waals surface area contributed by atoms with Crippen molar-refractivity contribution in [3.05, 3.63) is 35.4 Å². The van der Waals surface area contributed by atoms with Crippen LogP contribution in [0.1, 0.15) is 12.5 Å². The molecule has 0 saturated carbocycles. The van der Waals surface area contributed by atoms with Gasteiger partial charge in [-0.25, -0.2) is 17.2 Å². The second-order valence-electron chi connectivity index (χ2n) is 4.11. The summed E-state index contributed by atoms with van der Waals surface area (Å²) in [5.41, 5.74) is 0.136. The van der Waals surface area contributed by atoms with E-state index in [1.165, 1.54) is 4.31 Å². The van der Waals surface area contributed by atoms with Crippen molar-refractivity contribution < 1.29 is 17.2 Å². The fourth-order valence-corrected chi connectivity index (χ4v) is 5.11. The first kappa shape index (κ1) is 13.8. The van der Waals surface area contributed by atoms with Crippen LogP contribution >= 0.6 is 11.8 Å². The second kappa shape index (κ2) is 5.14. The van der Waals surface area contributed by atoms with Crippen LogP contribution in [0, 0.1) is 11.6 Å². The summed E-state index contributed by atoms with van der Waals surface area (Å²) in [6.45, 7) is 2.26. The first-order valence-corrected chi connectivity index (χ1v) is 8.10. The van der Waals surface area contributed by atoms with Gasteiger partial charge < -0.3 is 0 Å². The highest BCUT2D eigenvalue weighted by atomic mass is 32.2. The molecule has 0 aliphatic carbocycles. The number of nitrogens with zero attached hydrogens (tertiary/aromatic N) is 1. The largest absolute Gasteiger partial charge is 0.219 e. The fraction of sp³-hybridized carbons (Fsp3) is 0.455. The lowest BCUT2D eigenvalue weighted by atomic mass is 10.2. The third-order valence-corrected chi connectivity index (χ3v) is 5.91. The van der Waals surface area contributed by atoms with Crippen molar-refractivity contribution in [2.45, 2.75) is 18.1 Å². The van der Waals surface area contributed by atoms with Crippen LogP contribution in [0.2, 0.25) is 0 Å². The van der Waals surface area contributed by atoms with E-state index in [2.05, 4.69) is 0 Å². The molecule has 100 valence electrons. The van der Waals surface area contributed by atoms with E-state index in [4.69, 9.17) is 0 Å². The third kappa shape index (κ3) is 3.02. The highest BCUT2D eigenvalue weighted by Crippen LogP contribution is 2.27. The average molecular weight is 293 g/mol. The predicted molar refractivity (Wildman–Crippen MR) is 67.6 cm³/mol. The van der Waals surface area contributed by atoms with E-state index in [-0.39, 0.29) is 16.7 Å². The van der Waals surface area contributed by atoms with Crippen molar-refractivity contribution >= 4 is 21.8 Å². The minimum Gasteiger partial charge on any atom is -0.212 e. The smallest absolute Gasteiger partial charge is 0.212 e. The lowest BCUT2D eigenvalue weighted by molar-refractivity contribution is 0.441. The number of benzene rings is 1. The minimum atomic E-state index is -3.52. The Hall–Kier alpha value is -0.660. The predicted octanol–water partition coefficient (Wildman–Crippen LogP) is 2.19. The van der Waals surface area contributed by atoms with Crippen molar-refractivity contribution in [1.29, 1.82) is 0 Å². The molecule has 1 aliphatic rings. The van der Waals surface area contributed by atoms with E-state index in [1.54, 1.807) is 18.7 Å². The molecule has 0 bridgehead atoms. The summed E-state index contributed by atoms with van der Waals surface area (Å²) >= 11 is 1.55. The highest BCUT2D eigenvalue weighted by Gasteiger charge is 2.31. The summed E-state index contributed by atoms with van der Waals surface area (Å²) in [7, 11) is -3.52. The maximum absolute atomic E-state index is 13.0. The molecule has 1 aromatic carbocycles. The van der Waals surface area contributed by atoms with E-state index in [0.717, 1.165) is 24.0 Å². The van der Waals surface area contributed by atoms with Crippen LogP contribution in [0.5, 0.6) is 0 Å². The van der Waals surface area contributed by atoms with Gasteiger partial charge in [-0.1, -0.05) is 0 Å². The lowest BCUT2D eigenvalue weighted by Crippen LogP contribution is -2.34. The quantitative estimate of drug-likeness (QED) is 0.857. The SMILES string of the molecule is CC1SCCN1S(=O)(=O)Cc1cc(F)cc(F)c1. The number of halogens is 2. The Kier molecular flexibility index (Phi) is 3.93. The van der Waals surface area contributed by atoms with Gasteiger partial charge in [-0.2, -0.15) is 4.31 Å². The van der Waals surface area contributed by atoms with Crippen LogP contribution in [-0.4, -0.2) is 30.4 Å². The molecule has 18 heavy (non-hydrogen) atoms. The Bertz CT molecular complexity index is 528. The van der Waals surface area contributed by atoms with Crippen LogP contribution in [0.4, 0.5) is 8.78 Å². The summed E-state index contributed by atoms with van der Waals surface area (Å²) in [4.78, 5) is 0. The van der Waals surface area contributed by atoms with Gasteiger partial charge in [0.25, 0.3) is 0 Å². The molecule has 1 saturated heterocycles. The van der Waals surface area contributed by atoms with Gasteiger partial charge in [0.15, 0.2) is 0 Å². The van der Waals surface area contributed by atoms with E-state index >= 15 is 0 Å². The molecule has 1 atom stereocenters. The van der Waals surface area contributed by atoms with Crippen molar-refractivity contribution in [2.24, 2.45) is 0 Å². The van der Waals surface area contributed by atoms with Crippen molar-refractivity contribution in [3.8, 4) is 0 Å². The van der Waals surface area contributed by atoms with Crippen molar-refractivity contribution in [3.63, 3.8) is 0 Å². The van der Waals surface area contributed by atoms with Gasteiger partial charge in [-0.3, -0.25) is 0 Å². The summed E-state index contributed by atoms with van der Waals surface area (Å²) in [6, 6.07) is 2.83. The summed E-state index contributed by atoms with van der Waals surface area (Å²) in [6.07, 6.45) is 0. The summed E-state index contributed by atoms with van der Waals surface area (Å²) < 4.78 is 51.6. The molecule has 1 aromatic rings. The number of sulfonamides is 1. The van der Waals surface area contributed by atoms with Crippen LogP contribution in [-0.2, 0) is 15.8 Å². The normalized spacial score (nSPS) is 21.4. The maximum Gasteiger partial charge on any atom is 0.219 e. The summed E-state index contributed by atoms with van der Waals surface area (Å²) in [5, 5.41) is -0.117. The molecule has 0 spiro atoms. The first-order valence-electron chi connectivity index (χ1n) is 5.44. The monoisotopic (exact) mass is 293 g/mol. The number of hydrogen-bond acceptors (Lipinski definition) is 3. The molecular weight excluding hydrogens is 280 g/mol. The molecule has 1 aliphatic heterocycles. The average Bonchev–Trinajstić information content (AvgIpc) is 2.62. The van der Waals surface area contributed by atoms with Crippen LogP contribution in [0.25, 0.3) is 0 Å². The molecule has 0 N–H and O–H groups in total. The van der Waals surface area contributed by atoms with E-state index in [9.17, 15) is 17.2 Å². The second-order valence-corrected chi connectivity index (χ2v) is 7.46. The van der Waals surface area contributed by atoms with Gasteiger partial charge >= 0.3 is 0 Å². The van der Waals surface area contributed by atoms with E-state index in [1.807, 2.05) is 0 Å². The Morgan fingerprint density at radius 1 is 1.33 bits per heavy atom. The number of hydrogen-bond donors (Lipinski definition) is 0. The zero-order chi connectivity index (χ0) is 13.3. The highest BCUT2D eigenvalue weighted by molar-refractivity contribution is 8.01. The first-order chi connectivity index (χ1) is 8.38. The van der Waals surface area contributed by atoms with Gasteiger partial charge in [0.05, 0.1) is 11.1 Å². The Balaban J connectivity index is 2.22. The molecular formula is C11H13F2NO2S2. The third-order valence-electron chi connectivity index (χ3n) is 2.70. The molecule has 0 aromatic heterocycles. The van der Waals surface area contributed by atoms with E-state index < -0.39 is 21.7 Å². The molecule has 1 fully saturated rings. The topological polar surface area (TPSA) is 37.4 Å². The van der Waals surface area contributed by atoms with Gasteiger partial charge in [0, 0.05) is 18.4 Å². The fourth-order valence-electron chi connectivity index (χ4n) is 1.93. The molecule has 7 heteroatoms. The van der Waals surface area contributed by atoms with Gasteiger partial charge in [0.1, 0.15) is 11.6 Å².